The minimum atomic E-state index is -0.435. The number of ether oxygens (including phenoxy) is 2. The van der Waals surface area contributed by atoms with Crippen LogP contribution >= 0.6 is 0 Å². The van der Waals surface area contributed by atoms with Crippen molar-refractivity contribution in [2.24, 2.45) is 0 Å². The first kappa shape index (κ1) is 24.6. The molecular formula is C25H29N7O5. The van der Waals surface area contributed by atoms with E-state index in [0.29, 0.717) is 48.2 Å². The summed E-state index contributed by atoms with van der Waals surface area (Å²) < 4.78 is 12.5. The van der Waals surface area contributed by atoms with Gasteiger partial charge in [0.2, 0.25) is 11.8 Å². The van der Waals surface area contributed by atoms with Crippen LogP contribution in [-0.2, 0) is 16.1 Å². The van der Waals surface area contributed by atoms with E-state index < -0.39 is 6.09 Å². The molecule has 0 aromatic carbocycles. The molecule has 1 aliphatic carbocycles. The first-order valence-electron chi connectivity index (χ1n) is 12.2. The van der Waals surface area contributed by atoms with Gasteiger partial charge in [0.05, 0.1) is 19.3 Å². The Hall–Kier alpha value is -4.06. The molecule has 2 amide bonds. The number of pyridine rings is 2. The molecular weight excluding hydrogens is 478 g/mol. The molecule has 0 bridgehead atoms. The van der Waals surface area contributed by atoms with Crippen molar-refractivity contribution in [2.75, 3.05) is 23.9 Å². The van der Waals surface area contributed by atoms with Gasteiger partial charge in [0.15, 0.2) is 5.65 Å². The summed E-state index contributed by atoms with van der Waals surface area (Å²) in [5.41, 5.74) is 1.74. The van der Waals surface area contributed by atoms with Crippen molar-refractivity contribution in [3.05, 3.63) is 46.4 Å². The third kappa shape index (κ3) is 4.96. The van der Waals surface area contributed by atoms with Crippen molar-refractivity contribution in [2.45, 2.75) is 57.8 Å². The van der Waals surface area contributed by atoms with E-state index in [4.69, 9.17) is 9.47 Å². The fourth-order valence-corrected chi connectivity index (χ4v) is 4.98. The zero-order valence-corrected chi connectivity index (χ0v) is 20.9. The molecule has 5 rings (SSSR count). The maximum Gasteiger partial charge on any atom is 0.416 e. The molecule has 37 heavy (non-hydrogen) atoms. The van der Waals surface area contributed by atoms with E-state index in [2.05, 4.69) is 25.6 Å². The number of methoxy groups -OCH3 is 1. The average molecular weight is 508 g/mol. The average Bonchev–Trinajstić information content (AvgIpc) is 3.21. The van der Waals surface area contributed by atoms with Crippen molar-refractivity contribution in [3.8, 4) is 5.88 Å². The maximum absolute atomic E-state index is 12.8. The Morgan fingerprint density at radius 2 is 2.03 bits per heavy atom. The number of carbonyl (C=O) groups excluding carboxylic acids is 2. The second-order valence-corrected chi connectivity index (χ2v) is 9.28. The highest BCUT2D eigenvalue weighted by molar-refractivity contribution is 5.91. The number of carbonyl (C=O) groups is 2. The third-order valence-electron chi connectivity index (χ3n) is 6.80. The van der Waals surface area contributed by atoms with Crippen LogP contribution in [0, 0.1) is 6.92 Å². The summed E-state index contributed by atoms with van der Waals surface area (Å²) in [6.07, 6.45) is 3.02. The Morgan fingerprint density at radius 1 is 1.19 bits per heavy atom. The highest BCUT2D eigenvalue weighted by Gasteiger charge is 2.46. The lowest BCUT2D eigenvalue weighted by molar-refractivity contribution is -0.114. The van der Waals surface area contributed by atoms with Crippen LogP contribution in [0.25, 0.3) is 11.2 Å². The smallest absolute Gasteiger partial charge is 0.416 e. The van der Waals surface area contributed by atoms with Crippen molar-refractivity contribution in [1.29, 1.82) is 0 Å². The quantitative estimate of drug-likeness (QED) is 0.491. The van der Waals surface area contributed by atoms with Gasteiger partial charge in [-0.1, -0.05) is 6.07 Å². The second kappa shape index (κ2) is 10.1. The van der Waals surface area contributed by atoms with Gasteiger partial charge in [-0.15, -0.1) is 0 Å². The fourth-order valence-electron chi connectivity index (χ4n) is 4.98. The number of aromatic nitrogens is 4. The monoisotopic (exact) mass is 507 g/mol. The number of amides is 2. The van der Waals surface area contributed by atoms with Gasteiger partial charge in [0, 0.05) is 38.5 Å². The van der Waals surface area contributed by atoms with Gasteiger partial charge >= 0.3 is 6.09 Å². The lowest BCUT2D eigenvalue weighted by Gasteiger charge is -2.33. The highest BCUT2D eigenvalue weighted by atomic mass is 16.6. The summed E-state index contributed by atoms with van der Waals surface area (Å²) in [5, 5.41) is 6.21. The minimum absolute atomic E-state index is 0.126. The van der Waals surface area contributed by atoms with Crippen LogP contribution in [0.5, 0.6) is 5.88 Å². The van der Waals surface area contributed by atoms with Crippen LogP contribution in [0.2, 0.25) is 0 Å². The van der Waals surface area contributed by atoms with Gasteiger partial charge in [-0.2, -0.15) is 4.98 Å². The van der Waals surface area contributed by atoms with Crippen LogP contribution in [-0.4, -0.2) is 63.4 Å². The lowest BCUT2D eigenvalue weighted by atomic mass is 9.88. The predicted octanol–water partition coefficient (Wildman–Crippen LogP) is 2.00. The van der Waals surface area contributed by atoms with E-state index in [0.717, 1.165) is 18.4 Å². The van der Waals surface area contributed by atoms with E-state index in [1.165, 1.54) is 26.3 Å². The maximum atomic E-state index is 12.8. The van der Waals surface area contributed by atoms with E-state index in [1.54, 1.807) is 21.6 Å². The van der Waals surface area contributed by atoms with Gasteiger partial charge in [-0.3, -0.25) is 19.1 Å². The highest BCUT2D eigenvalue weighted by Crippen LogP contribution is 2.35. The summed E-state index contributed by atoms with van der Waals surface area (Å²) in [7, 11) is 1.51. The molecule has 1 saturated carbocycles. The molecule has 3 aromatic heterocycles. The molecule has 2 aliphatic rings. The third-order valence-corrected chi connectivity index (χ3v) is 6.80. The zero-order chi connectivity index (χ0) is 26.1. The van der Waals surface area contributed by atoms with Crippen molar-refractivity contribution < 1.29 is 19.1 Å². The van der Waals surface area contributed by atoms with Crippen molar-refractivity contribution >= 4 is 34.8 Å². The Morgan fingerprint density at radius 3 is 2.81 bits per heavy atom. The molecule has 12 heteroatoms. The first-order valence-corrected chi connectivity index (χ1v) is 12.2. The Balaban J connectivity index is 1.23. The number of anilines is 2. The van der Waals surface area contributed by atoms with Crippen LogP contribution in [0.4, 0.5) is 16.4 Å². The molecule has 0 radical (unpaired) electrons. The van der Waals surface area contributed by atoms with Gasteiger partial charge in [-0.05, 0) is 37.5 Å². The van der Waals surface area contributed by atoms with Gasteiger partial charge < -0.3 is 20.1 Å². The standard InChI is InChI=1S/C25H29N7O5/c1-14-4-8-20(29-23(14)28-15(2)33)32-18-7-5-16(12-19(18)37-25(32)35)26-10-11-31-22(34)9-6-17-24(31)30-21(36-3)13-27-17/h4,6,8-9,13,16,18-19,26H,5,7,10-12H2,1-3H3,(H,28,29,33)/t16-,18-,19-/m0/s1. The van der Waals surface area contributed by atoms with Crippen LogP contribution in [0.15, 0.2) is 35.3 Å². The van der Waals surface area contributed by atoms with Crippen LogP contribution < -0.4 is 25.8 Å². The molecule has 3 aromatic rings. The molecule has 194 valence electrons. The Bertz CT molecular complexity index is 1410. The van der Waals surface area contributed by atoms with Crippen LogP contribution in [0.3, 0.4) is 0 Å². The number of nitrogens with zero attached hydrogens (tertiary/aromatic N) is 5. The largest absolute Gasteiger partial charge is 0.480 e. The summed E-state index contributed by atoms with van der Waals surface area (Å²) in [6, 6.07) is 6.73. The normalized spacial score (nSPS) is 21.0. The number of fused-ring (bicyclic) bond motifs is 2. The minimum Gasteiger partial charge on any atom is -0.480 e. The molecule has 0 spiro atoms. The molecule has 4 heterocycles. The second-order valence-electron chi connectivity index (χ2n) is 9.28. The molecule has 0 unspecified atom stereocenters. The van der Waals surface area contributed by atoms with Gasteiger partial charge in [0.1, 0.15) is 23.3 Å². The molecule has 2 N–H and O–H groups in total. The first-order chi connectivity index (χ1) is 17.8. The predicted molar refractivity (Wildman–Crippen MR) is 136 cm³/mol. The number of hydrogen-bond acceptors (Lipinski definition) is 9. The molecule has 12 nitrogen and oxygen atoms in total. The van der Waals surface area contributed by atoms with E-state index >= 15 is 0 Å². The summed E-state index contributed by atoms with van der Waals surface area (Å²) in [4.78, 5) is 51.6. The summed E-state index contributed by atoms with van der Waals surface area (Å²) >= 11 is 0. The zero-order valence-electron chi connectivity index (χ0n) is 20.9. The number of rotatable bonds is 7. The van der Waals surface area contributed by atoms with Crippen molar-refractivity contribution in [1.82, 2.24) is 24.8 Å². The van der Waals surface area contributed by atoms with Crippen molar-refractivity contribution in [3.63, 3.8) is 0 Å². The SMILES string of the molecule is COc1cnc2ccc(=O)n(CCN[C@H]3CC[C@H]4[C@H](C3)OC(=O)N4c3ccc(C)c(NC(C)=O)n3)c2n1. The number of hydrogen-bond donors (Lipinski definition) is 2. The number of nitrogens with one attached hydrogen (secondary N) is 2. The molecule has 1 saturated heterocycles. The number of aryl methyl sites for hydroxylation is 1. The van der Waals surface area contributed by atoms with Gasteiger partial charge in [0.25, 0.3) is 5.56 Å². The Kier molecular flexibility index (Phi) is 6.74. The summed E-state index contributed by atoms with van der Waals surface area (Å²) in [6.45, 7) is 4.22. The summed E-state index contributed by atoms with van der Waals surface area (Å²) in [5.74, 6) is 1.02. The lowest BCUT2D eigenvalue weighted by Crippen LogP contribution is -2.46. The molecule has 2 fully saturated rings. The van der Waals surface area contributed by atoms with E-state index in [1.807, 2.05) is 13.0 Å². The molecule has 1 aliphatic heterocycles. The van der Waals surface area contributed by atoms with E-state index in [9.17, 15) is 14.4 Å². The molecule has 3 atom stereocenters. The fraction of sp³-hybridized carbons (Fsp3) is 0.440. The van der Waals surface area contributed by atoms with E-state index in [-0.39, 0.29) is 29.7 Å². The topological polar surface area (TPSA) is 141 Å². The Labute approximate surface area is 213 Å². The van der Waals surface area contributed by atoms with Gasteiger partial charge in [-0.25, -0.2) is 14.8 Å². The van der Waals surface area contributed by atoms with Crippen LogP contribution in [0.1, 0.15) is 31.7 Å².